The lowest BCUT2D eigenvalue weighted by Crippen LogP contribution is -2.28. The number of aliphatic hydroxyl groups is 3. The van der Waals surface area contributed by atoms with Gasteiger partial charge in [0.25, 0.3) is 0 Å². The van der Waals surface area contributed by atoms with Crippen molar-refractivity contribution in [2.45, 2.75) is 70.6 Å². The predicted molar refractivity (Wildman–Crippen MR) is 129 cm³/mol. The number of hydrogen-bond acceptors (Lipinski definition) is 11. The van der Waals surface area contributed by atoms with Crippen LogP contribution >= 0.6 is 0 Å². The molecule has 1 fully saturated rings. The van der Waals surface area contributed by atoms with Crippen molar-refractivity contribution in [3.63, 3.8) is 0 Å². The molecule has 0 saturated heterocycles. The summed E-state index contributed by atoms with van der Waals surface area (Å²) in [6, 6.07) is 0. The Morgan fingerprint density at radius 2 is 1.42 bits per heavy atom. The molecule has 1 aliphatic rings. The van der Waals surface area contributed by atoms with E-state index in [4.69, 9.17) is 28.4 Å². The molecule has 0 aromatic heterocycles. The number of carbonyl (C=O) groups is 2. The smallest absolute Gasteiger partial charge is 0.330 e. The van der Waals surface area contributed by atoms with Gasteiger partial charge < -0.3 is 43.7 Å². The van der Waals surface area contributed by atoms with Gasteiger partial charge >= 0.3 is 11.9 Å². The molecule has 3 N–H and O–H groups in total. The second-order valence-corrected chi connectivity index (χ2v) is 8.91. The molecule has 3 unspecified atom stereocenters. The van der Waals surface area contributed by atoms with E-state index in [-0.39, 0.29) is 39.3 Å². The van der Waals surface area contributed by atoms with Crippen LogP contribution in [0.4, 0.5) is 0 Å². The molecule has 210 valence electrons. The number of ether oxygens (including phenoxy) is 6. The Morgan fingerprint density at radius 3 is 2.03 bits per heavy atom. The lowest BCUT2D eigenvalue weighted by molar-refractivity contribution is -0.152. The fourth-order valence-corrected chi connectivity index (χ4v) is 3.63. The third kappa shape index (κ3) is 17.8. The van der Waals surface area contributed by atoms with Gasteiger partial charge in [-0.05, 0) is 43.9 Å². The summed E-state index contributed by atoms with van der Waals surface area (Å²) in [5.74, 6) is 0.0213. The highest BCUT2D eigenvalue weighted by Crippen LogP contribution is 2.29. The molecule has 0 bridgehead atoms. The van der Waals surface area contributed by atoms with E-state index in [1.807, 2.05) is 0 Å². The highest BCUT2D eigenvalue weighted by molar-refractivity contribution is 5.81. The van der Waals surface area contributed by atoms with Crippen LogP contribution in [0.2, 0.25) is 0 Å². The molecule has 0 spiro atoms. The molecule has 11 nitrogen and oxygen atoms in total. The summed E-state index contributed by atoms with van der Waals surface area (Å²) < 4.78 is 31.3. The highest BCUT2D eigenvalue weighted by Gasteiger charge is 2.22. The average molecular weight is 521 g/mol. The standard InChI is InChI=1S/C25H44O11/c1-3-23(28)35-14-10-24(29)34-12-4-11-31-15-20-5-7-21(8-6-20)16-32-17-22(27)18-36-25(30)9-13-33-19(2)26/h3,20-22,24-25,27,29-30H,1,4-18H2,2H3. The van der Waals surface area contributed by atoms with Crippen LogP contribution in [0.15, 0.2) is 12.7 Å². The van der Waals surface area contributed by atoms with Crippen molar-refractivity contribution in [3.05, 3.63) is 12.7 Å². The topological polar surface area (TPSA) is 150 Å². The van der Waals surface area contributed by atoms with E-state index in [2.05, 4.69) is 6.58 Å². The van der Waals surface area contributed by atoms with E-state index in [0.717, 1.165) is 31.8 Å². The maximum atomic E-state index is 10.9. The van der Waals surface area contributed by atoms with E-state index >= 15 is 0 Å². The van der Waals surface area contributed by atoms with Gasteiger partial charge in [-0.1, -0.05) is 6.58 Å². The SMILES string of the molecule is C=CC(=O)OCCC(O)OCCCOCC1CCC(COCC(O)COC(O)CCOC(C)=O)CC1. The lowest BCUT2D eigenvalue weighted by atomic mass is 9.83. The molecular weight excluding hydrogens is 476 g/mol. The summed E-state index contributed by atoms with van der Waals surface area (Å²) in [7, 11) is 0. The second kappa shape index (κ2) is 20.5. The molecule has 0 heterocycles. The fourth-order valence-electron chi connectivity index (χ4n) is 3.63. The molecule has 36 heavy (non-hydrogen) atoms. The van der Waals surface area contributed by atoms with Gasteiger partial charge in [0, 0.05) is 45.7 Å². The Kier molecular flexibility index (Phi) is 18.4. The first-order valence-electron chi connectivity index (χ1n) is 12.7. The zero-order valence-electron chi connectivity index (χ0n) is 21.4. The van der Waals surface area contributed by atoms with Crippen LogP contribution in [0.1, 0.15) is 51.9 Å². The first kappa shape index (κ1) is 32.4. The minimum Gasteiger partial charge on any atom is -0.466 e. The van der Waals surface area contributed by atoms with E-state index in [0.29, 0.717) is 44.7 Å². The Morgan fingerprint density at radius 1 is 0.833 bits per heavy atom. The monoisotopic (exact) mass is 520 g/mol. The largest absolute Gasteiger partial charge is 0.466 e. The van der Waals surface area contributed by atoms with Gasteiger partial charge in [0.05, 0.1) is 33.0 Å². The Bertz CT molecular complexity index is 593. The molecule has 1 rings (SSSR count). The van der Waals surface area contributed by atoms with Crippen LogP contribution in [0.25, 0.3) is 0 Å². The maximum absolute atomic E-state index is 10.9. The van der Waals surface area contributed by atoms with Gasteiger partial charge in [-0.15, -0.1) is 0 Å². The van der Waals surface area contributed by atoms with Crippen LogP contribution in [0.3, 0.4) is 0 Å². The number of carbonyl (C=O) groups excluding carboxylic acids is 2. The first-order chi connectivity index (χ1) is 17.3. The van der Waals surface area contributed by atoms with Crippen molar-refractivity contribution in [2.24, 2.45) is 11.8 Å². The minimum absolute atomic E-state index is 0.0551. The zero-order valence-corrected chi connectivity index (χ0v) is 21.4. The Balaban J connectivity index is 1.95. The van der Waals surface area contributed by atoms with Crippen LogP contribution < -0.4 is 0 Å². The van der Waals surface area contributed by atoms with Crippen LogP contribution in [0.5, 0.6) is 0 Å². The average Bonchev–Trinajstić information content (AvgIpc) is 2.85. The molecule has 0 aromatic rings. The predicted octanol–water partition coefficient (Wildman–Crippen LogP) is 1.32. The van der Waals surface area contributed by atoms with Crippen molar-refractivity contribution in [1.82, 2.24) is 0 Å². The normalized spacial score (nSPS) is 20.3. The van der Waals surface area contributed by atoms with Crippen LogP contribution in [-0.4, -0.2) is 98.8 Å². The van der Waals surface area contributed by atoms with Gasteiger partial charge in [0.1, 0.15) is 6.10 Å². The van der Waals surface area contributed by atoms with E-state index in [1.165, 1.54) is 6.92 Å². The van der Waals surface area contributed by atoms with Crippen molar-refractivity contribution < 1.29 is 53.3 Å². The van der Waals surface area contributed by atoms with E-state index in [1.54, 1.807) is 0 Å². The highest BCUT2D eigenvalue weighted by atomic mass is 16.6. The molecule has 0 aromatic carbocycles. The third-order valence-electron chi connectivity index (χ3n) is 5.65. The molecular formula is C25H44O11. The summed E-state index contributed by atoms with van der Waals surface area (Å²) in [6.07, 6.45) is 3.40. The van der Waals surface area contributed by atoms with Gasteiger partial charge in [-0.2, -0.15) is 0 Å². The van der Waals surface area contributed by atoms with Gasteiger partial charge in [0.15, 0.2) is 12.6 Å². The molecule has 3 atom stereocenters. The maximum Gasteiger partial charge on any atom is 0.330 e. The summed E-state index contributed by atoms with van der Waals surface area (Å²) in [6.45, 7) is 7.00. The van der Waals surface area contributed by atoms with Gasteiger partial charge in [0.2, 0.25) is 0 Å². The van der Waals surface area contributed by atoms with Gasteiger partial charge in [-0.3, -0.25) is 4.79 Å². The lowest BCUT2D eigenvalue weighted by Gasteiger charge is -2.28. The summed E-state index contributed by atoms with van der Waals surface area (Å²) >= 11 is 0. The van der Waals surface area contributed by atoms with Gasteiger partial charge in [-0.25, -0.2) is 4.79 Å². The van der Waals surface area contributed by atoms with Crippen LogP contribution in [-0.2, 0) is 38.0 Å². The third-order valence-corrected chi connectivity index (χ3v) is 5.65. The van der Waals surface area contributed by atoms with E-state index < -0.39 is 30.6 Å². The number of hydrogen-bond donors (Lipinski definition) is 3. The second-order valence-electron chi connectivity index (χ2n) is 8.91. The number of esters is 2. The molecule has 0 aliphatic heterocycles. The first-order valence-corrected chi connectivity index (χ1v) is 12.7. The van der Waals surface area contributed by atoms with Crippen molar-refractivity contribution in [3.8, 4) is 0 Å². The molecule has 0 radical (unpaired) electrons. The fraction of sp³-hybridized carbons (Fsp3) is 0.840. The molecule has 1 aliphatic carbocycles. The minimum atomic E-state index is -1.10. The van der Waals surface area contributed by atoms with Crippen molar-refractivity contribution >= 4 is 11.9 Å². The molecule has 11 heteroatoms. The van der Waals surface area contributed by atoms with Crippen molar-refractivity contribution in [1.29, 1.82) is 0 Å². The molecule has 0 amide bonds. The zero-order chi connectivity index (χ0) is 26.6. The Labute approximate surface area is 213 Å². The summed E-state index contributed by atoms with van der Waals surface area (Å²) in [5.41, 5.74) is 0. The molecule has 1 saturated carbocycles. The van der Waals surface area contributed by atoms with Crippen molar-refractivity contribution in [2.75, 3.05) is 52.9 Å². The number of rotatable bonds is 21. The van der Waals surface area contributed by atoms with E-state index in [9.17, 15) is 24.9 Å². The quantitative estimate of drug-likeness (QED) is 0.0870. The summed E-state index contributed by atoms with van der Waals surface area (Å²) in [4.78, 5) is 21.6. The Hall–Kier alpha value is -1.60. The summed E-state index contributed by atoms with van der Waals surface area (Å²) in [5, 5.41) is 29.2. The van der Waals surface area contributed by atoms with Crippen LogP contribution in [0, 0.1) is 11.8 Å². The number of aliphatic hydroxyl groups excluding tert-OH is 3.